The lowest BCUT2D eigenvalue weighted by atomic mass is 10.1. The van der Waals surface area contributed by atoms with Gasteiger partial charge in [-0.3, -0.25) is 9.78 Å². The number of hydrogen-bond acceptors (Lipinski definition) is 6. The number of nitrogens with zero attached hydrogens (tertiary/aromatic N) is 3. The molecule has 5 aromatic rings. The fraction of sp³-hybridized carbons (Fsp3) is 0.200. The number of carboxylic acids is 1. The van der Waals surface area contributed by atoms with Crippen molar-refractivity contribution in [2.75, 3.05) is 10.2 Å². The third-order valence-corrected chi connectivity index (χ3v) is 7.25. The van der Waals surface area contributed by atoms with Gasteiger partial charge < -0.3 is 20.1 Å². The van der Waals surface area contributed by atoms with Gasteiger partial charge >= 0.3 is 12.1 Å². The molecule has 2 aromatic heterocycles. The highest BCUT2D eigenvalue weighted by atomic mass is 19.4. The maximum absolute atomic E-state index is 14.2. The van der Waals surface area contributed by atoms with Gasteiger partial charge in [0, 0.05) is 41.1 Å². The average Bonchev–Trinajstić information content (AvgIpc) is 3.00. The number of nitrogens with one attached hydrogen (secondary N) is 1. The highest BCUT2D eigenvalue weighted by Crippen LogP contribution is 2.39. The number of hydrogen-bond donors (Lipinski definition) is 2. The van der Waals surface area contributed by atoms with Gasteiger partial charge in [-0.15, -0.1) is 0 Å². The molecule has 236 valence electrons. The number of alkyl halides is 3. The predicted octanol–water partition coefficient (Wildman–Crippen LogP) is 8.42. The largest absolute Gasteiger partial charge is 0.478 e. The van der Waals surface area contributed by atoms with Crippen LogP contribution in [0.3, 0.4) is 0 Å². The van der Waals surface area contributed by atoms with Gasteiger partial charge in [-0.25, -0.2) is 9.78 Å². The number of carbonyl (C=O) groups is 2. The smallest absolute Gasteiger partial charge is 0.421 e. The second-order valence-electron chi connectivity index (χ2n) is 11.1. The molecule has 0 aliphatic rings. The Labute approximate surface area is 263 Å². The Morgan fingerprint density at radius 2 is 1.70 bits per heavy atom. The Morgan fingerprint density at radius 3 is 2.37 bits per heavy atom. The molecule has 0 spiro atoms. The number of aromatic nitrogens is 2. The summed E-state index contributed by atoms with van der Waals surface area (Å²) in [5.41, 5.74) is 2.42. The molecule has 1 amide bonds. The van der Waals surface area contributed by atoms with Crippen molar-refractivity contribution in [1.82, 2.24) is 9.97 Å². The van der Waals surface area contributed by atoms with Crippen LogP contribution in [0.2, 0.25) is 0 Å². The Hall–Kier alpha value is -5.45. The number of carboxylic acid groups (broad SMARTS) is 1. The van der Waals surface area contributed by atoms with Crippen molar-refractivity contribution in [3.05, 3.63) is 119 Å². The van der Waals surface area contributed by atoms with Crippen molar-refractivity contribution in [1.29, 1.82) is 0 Å². The second kappa shape index (κ2) is 12.9. The summed E-state index contributed by atoms with van der Waals surface area (Å²) < 4.78 is 48.2. The van der Waals surface area contributed by atoms with Crippen LogP contribution in [0.1, 0.15) is 56.9 Å². The number of pyridine rings is 2. The molecule has 46 heavy (non-hydrogen) atoms. The molecule has 3 aromatic carbocycles. The van der Waals surface area contributed by atoms with Crippen molar-refractivity contribution in [3.63, 3.8) is 0 Å². The fourth-order valence-electron chi connectivity index (χ4n) is 5.06. The molecular weight excluding hydrogens is 597 g/mol. The minimum atomic E-state index is -4.82. The van der Waals surface area contributed by atoms with E-state index in [1.165, 1.54) is 23.2 Å². The van der Waals surface area contributed by atoms with Gasteiger partial charge in [0.2, 0.25) is 5.88 Å². The lowest BCUT2D eigenvalue weighted by Crippen LogP contribution is -2.38. The summed E-state index contributed by atoms with van der Waals surface area (Å²) >= 11 is 0. The van der Waals surface area contributed by atoms with E-state index < -0.39 is 35.5 Å². The summed E-state index contributed by atoms with van der Waals surface area (Å²) in [5, 5.41) is 14.0. The van der Waals surface area contributed by atoms with E-state index in [0.717, 1.165) is 40.0 Å². The Morgan fingerprint density at radius 1 is 0.978 bits per heavy atom. The average molecular weight is 629 g/mol. The first kappa shape index (κ1) is 32.0. The van der Waals surface area contributed by atoms with Gasteiger partial charge in [-0.2, -0.15) is 13.2 Å². The predicted molar refractivity (Wildman–Crippen MR) is 170 cm³/mol. The summed E-state index contributed by atoms with van der Waals surface area (Å²) in [7, 11) is 0. The molecule has 11 heteroatoms. The molecule has 5 rings (SSSR count). The van der Waals surface area contributed by atoms with E-state index in [1.54, 1.807) is 38.1 Å². The fourth-order valence-corrected chi connectivity index (χ4v) is 5.06. The molecule has 8 nitrogen and oxygen atoms in total. The van der Waals surface area contributed by atoms with Gasteiger partial charge in [0.25, 0.3) is 5.91 Å². The zero-order valence-corrected chi connectivity index (χ0v) is 25.5. The normalized spacial score (nSPS) is 11.5. The van der Waals surface area contributed by atoms with Gasteiger partial charge in [-0.1, -0.05) is 35.9 Å². The molecule has 0 saturated heterocycles. The Balaban J connectivity index is 1.44. The van der Waals surface area contributed by atoms with Crippen LogP contribution < -0.4 is 15.0 Å². The highest BCUT2D eigenvalue weighted by Gasteiger charge is 2.36. The van der Waals surface area contributed by atoms with Crippen LogP contribution in [0.15, 0.2) is 85.1 Å². The number of anilines is 2. The molecule has 0 aliphatic heterocycles. The van der Waals surface area contributed by atoms with E-state index in [-0.39, 0.29) is 29.1 Å². The minimum absolute atomic E-state index is 0.0434. The summed E-state index contributed by atoms with van der Waals surface area (Å²) in [6.07, 6.45) is -3.55. The van der Waals surface area contributed by atoms with Crippen molar-refractivity contribution >= 4 is 34.2 Å². The monoisotopic (exact) mass is 628 g/mol. The van der Waals surface area contributed by atoms with Crippen LogP contribution in [0.25, 0.3) is 10.9 Å². The van der Waals surface area contributed by atoms with Crippen LogP contribution in [-0.4, -0.2) is 33.0 Å². The maximum Gasteiger partial charge on any atom is 0.421 e. The van der Waals surface area contributed by atoms with E-state index >= 15 is 0 Å². The molecule has 0 saturated carbocycles. The van der Waals surface area contributed by atoms with Crippen molar-refractivity contribution < 1.29 is 32.6 Å². The first-order valence-corrected chi connectivity index (χ1v) is 14.4. The first-order valence-electron chi connectivity index (χ1n) is 14.4. The van der Waals surface area contributed by atoms with Crippen molar-refractivity contribution in [3.8, 4) is 11.6 Å². The molecule has 2 N–H and O–H groups in total. The van der Waals surface area contributed by atoms with E-state index in [4.69, 9.17) is 4.74 Å². The first-order chi connectivity index (χ1) is 21.8. The number of aryl methyl sites for hydroxylation is 2. The van der Waals surface area contributed by atoms with E-state index in [9.17, 15) is 27.9 Å². The zero-order chi connectivity index (χ0) is 33.2. The van der Waals surface area contributed by atoms with Crippen LogP contribution in [-0.2, 0) is 12.7 Å². The molecular formula is C35H31F3N4O4. The van der Waals surface area contributed by atoms with E-state index in [2.05, 4.69) is 15.3 Å². The van der Waals surface area contributed by atoms with E-state index in [1.807, 2.05) is 44.2 Å². The van der Waals surface area contributed by atoms with Gasteiger partial charge in [0.05, 0.1) is 16.8 Å². The zero-order valence-electron chi connectivity index (χ0n) is 25.5. The number of rotatable bonds is 9. The van der Waals surface area contributed by atoms with E-state index in [0.29, 0.717) is 5.56 Å². The molecule has 0 aliphatic carbocycles. The summed E-state index contributed by atoms with van der Waals surface area (Å²) in [4.78, 5) is 35.5. The Kier molecular flexibility index (Phi) is 8.95. The number of halogens is 3. The number of benzene rings is 3. The van der Waals surface area contributed by atoms with Gasteiger partial charge in [-0.05, 0) is 81.8 Å². The lowest BCUT2D eigenvalue weighted by Gasteiger charge is -2.28. The minimum Gasteiger partial charge on any atom is -0.478 e. The molecule has 0 fully saturated rings. The highest BCUT2D eigenvalue weighted by molar-refractivity contribution is 6.09. The number of para-hydroxylation sites is 1. The number of ether oxygens (including phenoxy) is 1. The quantitative estimate of drug-likeness (QED) is 0.169. The maximum atomic E-state index is 14.2. The van der Waals surface area contributed by atoms with Crippen LogP contribution in [0, 0.1) is 13.8 Å². The topological polar surface area (TPSA) is 105 Å². The summed E-state index contributed by atoms with van der Waals surface area (Å²) in [6, 6.07) is 20.3. The standard InChI is InChI=1S/C35H31F3N4O4/c1-20(2)42(33(43)24-11-9-21(3)10-12-24)31-14-13-25(17-27(31)34(44)45)46-32-28(35(36,37)38)16-23(19-40-32)18-39-30-15-22(4)41-29-8-6-5-7-26(29)30/h5-17,19-20H,18H2,1-4H3,(H,39,41)(H,44,45). The third-order valence-electron chi connectivity index (χ3n) is 7.25. The van der Waals surface area contributed by atoms with Gasteiger partial charge in [0.15, 0.2) is 0 Å². The molecule has 0 atom stereocenters. The Bertz CT molecular complexity index is 1920. The number of fused-ring (bicyclic) bond motifs is 1. The van der Waals surface area contributed by atoms with Crippen LogP contribution in [0.4, 0.5) is 24.5 Å². The van der Waals surface area contributed by atoms with Gasteiger partial charge in [0.1, 0.15) is 11.3 Å². The van der Waals surface area contributed by atoms with Crippen LogP contribution >= 0.6 is 0 Å². The number of amides is 1. The summed E-state index contributed by atoms with van der Waals surface area (Å²) in [6.45, 7) is 7.22. The third kappa shape index (κ3) is 6.93. The lowest BCUT2D eigenvalue weighted by molar-refractivity contribution is -0.138. The molecule has 0 bridgehead atoms. The molecule has 2 heterocycles. The molecule has 0 radical (unpaired) electrons. The SMILES string of the molecule is Cc1ccc(C(=O)N(c2ccc(Oc3ncc(CNc4cc(C)nc5ccccc45)cc3C(F)(F)F)cc2C(=O)O)C(C)C)cc1. The van der Waals surface area contributed by atoms with Crippen LogP contribution in [0.5, 0.6) is 11.6 Å². The number of aromatic carboxylic acids is 1. The van der Waals surface area contributed by atoms with Crippen molar-refractivity contribution in [2.24, 2.45) is 0 Å². The second-order valence-corrected chi connectivity index (χ2v) is 11.1. The number of carbonyl (C=O) groups excluding carboxylic acids is 1. The van der Waals surface area contributed by atoms with Crippen molar-refractivity contribution in [2.45, 2.75) is 46.5 Å². The molecule has 0 unspecified atom stereocenters. The summed E-state index contributed by atoms with van der Waals surface area (Å²) in [5.74, 6) is -2.73.